The van der Waals surface area contributed by atoms with Crippen molar-refractivity contribution in [3.8, 4) is 22.5 Å². The van der Waals surface area contributed by atoms with Crippen molar-refractivity contribution in [1.29, 1.82) is 0 Å². The molecule has 1 aliphatic heterocycles. The highest BCUT2D eigenvalue weighted by Gasteiger charge is 2.29. The van der Waals surface area contributed by atoms with Crippen LogP contribution in [0.15, 0.2) is 39.7 Å². The van der Waals surface area contributed by atoms with E-state index in [0.717, 1.165) is 22.9 Å². The predicted octanol–water partition coefficient (Wildman–Crippen LogP) is 6.10. The fraction of sp³-hybridized carbons (Fsp3) is 0.160. The number of hydrogen-bond acceptors (Lipinski definition) is 5. The number of aryl methyl sites for hydroxylation is 2. The van der Waals surface area contributed by atoms with Crippen molar-refractivity contribution < 1.29 is 24.2 Å². The molecule has 174 valence electrons. The fourth-order valence-corrected chi connectivity index (χ4v) is 4.80. The smallest absolute Gasteiger partial charge is 0.337 e. The molecule has 0 amide bonds. The molecule has 34 heavy (non-hydrogen) atoms. The van der Waals surface area contributed by atoms with E-state index < -0.39 is 11.9 Å². The van der Waals surface area contributed by atoms with Gasteiger partial charge in [-0.25, -0.2) is 9.59 Å². The predicted molar refractivity (Wildman–Crippen MR) is 133 cm³/mol. The van der Waals surface area contributed by atoms with Crippen LogP contribution in [0.5, 0.6) is 0 Å². The molecule has 0 fully saturated rings. The van der Waals surface area contributed by atoms with Gasteiger partial charge in [0.25, 0.3) is 0 Å². The maximum absolute atomic E-state index is 12.3. The zero-order valence-corrected chi connectivity index (χ0v) is 20.2. The molecule has 0 spiro atoms. The molecule has 4 rings (SSSR count). The zero-order chi connectivity index (χ0) is 24.9. The first kappa shape index (κ1) is 23.6. The van der Waals surface area contributed by atoms with Gasteiger partial charge < -0.3 is 19.9 Å². The van der Waals surface area contributed by atoms with Crippen molar-refractivity contribution in [1.82, 2.24) is 0 Å². The molecule has 0 aromatic heterocycles. The molecule has 2 aliphatic rings. The maximum atomic E-state index is 12.3. The molecule has 0 saturated heterocycles. The minimum Gasteiger partial charge on any atom is -0.478 e. The zero-order valence-electron chi connectivity index (χ0n) is 18.7. The Morgan fingerprint density at radius 1 is 0.971 bits per heavy atom. The van der Waals surface area contributed by atoms with E-state index in [9.17, 15) is 19.8 Å². The Morgan fingerprint density at radius 2 is 1.68 bits per heavy atom. The molecular weight excluding hydrogens is 479 g/mol. The number of aromatic carboxylic acids is 2. The summed E-state index contributed by atoms with van der Waals surface area (Å²) in [6.07, 6.45) is 0. The van der Waals surface area contributed by atoms with E-state index in [-0.39, 0.29) is 26.7 Å². The topological polar surface area (TPSA) is 112 Å². The summed E-state index contributed by atoms with van der Waals surface area (Å²) in [6, 6.07) is 8.27. The summed E-state index contributed by atoms with van der Waals surface area (Å²) in [5, 5.41) is 23.7. The third kappa shape index (κ3) is 3.67. The minimum absolute atomic E-state index is 0.0158. The van der Waals surface area contributed by atoms with E-state index in [1.807, 2.05) is 26.0 Å². The Labute approximate surface area is 204 Å². The molecule has 0 unspecified atom stereocenters. The molecule has 7 nitrogen and oxygen atoms in total. The quantitative estimate of drug-likeness (QED) is 0.293. The largest absolute Gasteiger partial charge is 0.478 e. The van der Waals surface area contributed by atoms with Crippen molar-refractivity contribution in [2.75, 3.05) is 19.4 Å². The van der Waals surface area contributed by atoms with Crippen LogP contribution in [0.2, 0.25) is 10.0 Å². The molecule has 0 radical (unpaired) electrons. The van der Waals surface area contributed by atoms with E-state index in [1.54, 1.807) is 26.2 Å². The summed E-state index contributed by atoms with van der Waals surface area (Å²) < 4.78 is 6.21. The Bertz CT molecular complexity index is 1560. The van der Waals surface area contributed by atoms with Gasteiger partial charge in [-0.3, -0.25) is 4.99 Å². The van der Waals surface area contributed by atoms with Crippen LogP contribution in [-0.4, -0.2) is 36.2 Å². The van der Waals surface area contributed by atoms with Crippen LogP contribution in [0.1, 0.15) is 31.8 Å². The van der Waals surface area contributed by atoms with Gasteiger partial charge >= 0.3 is 11.9 Å². The standard InChI is InChI=1S/C25H20Cl2N2O5/c1-10-5-12-18(8-16(10)28-3)34-19-9-17(29-4)11(2)6-13(19)20(12)22-21(25(32)33)15(26)7-14(23(22)27)24(30)31/h5-9,28H,1-4H3,(H,30,31)(H,32,33)/b29-17-. The molecule has 3 N–H and O–H groups in total. The number of carbonyl (C=O) groups is 2. The molecule has 1 aliphatic carbocycles. The lowest BCUT2D eigenvalue weighted by Crippen LogP contribution is -2.10. The average molecular weight is 499 g/mol. The van der Waals surface area contributed by atoms with Crippen LogP contribution in [-0.2, 0) is 0 Å². The summed E-state index contributed by atoms with van der Waals surface area (Å²) >= 11 is 12.9. The van der Waals surface area contributed by atoms with Gasteiger partial charge in [0.1, 0.15) is 11.3 Å². The molecule has 2 aromatic rings. The average Bonchev–Trinajstić information content (AvgIpc) is 2.78. The normalized spacial score (nSPS) is 11.9. The van der Waals surface area contributed by atoms with Crippen LogP contribution >= 0.6 is 23.2 Å². The molecule has 0 saturated carbocycles. The van der Waals surface area contributed by atoms with E-state index >= 15 is 0 Å². The van der Waals surface area contributed by atoms with E-state index in [4.69, 9.17) is 27.6 Å². The monoisotopic (exact) mass is 498 g/mol. The van der Waals surface area contributed by atoms with E-state index in [1.165, 1.54) is 0 Å². The summed E-state index contributed by atoms with van der Waals surface area (Å²) in [6.45, 7) is 3.76. The number of carboxylic acid groups (broad SMARTS) is 2. The van der Waals surface area contributed by atoms with Crippen molar-refractivity contribution in [2.45, 2.75) is 13.8 Å². The number of benzene rings is 3. The number of nitrogens with zero attached hydrogens (tertiary/aromatic N) is 1. The first-order valence-electron chi connectivity index (χ1n) is 10.2. The fourth-order valence-electron chi connectivity index (χ4n) is 4.19. The lowest BCUT2D eigenvalue weighted by molar-refractivity contribution is 0.0682. The number of nitrogens with one attached hydrogen (secondary N) is 1. The first-order chi connectivity index (χ1) is 16.1. The summed E-state index contributed by atoms with van der Waals surface area (Å²) in [5.74, 6) is -2.22. The van der Waals surface area contributed by atoms with Gasteiger partial charge in [0, 0.05) is 54.0 Å². The van der Waals surface area contributed by atoms with Gasteiger partial charge in [0.15, 0.2) is 0 Å². The number of fused-ring (bicyclic) bond motifs is 2. The second-order valence-electron chi connectivity index (χ2n) is 7.83. The van der Waals surface area contributed by atoms with Gasteiger partial charge in [-0.1, -0.05) is 23.2 Å². The molecule has 0 bridgehead atoms. The maximum Gasteiger partial charge on any atom is 0.337 e. The van der Waals surface area contributed by atoms with Crippen LogP contribution in [0.3, 0.4) is 0 Å². The number of hydrogen-bond donors (Lipinski definition) is 3. The van der Waals surface area contributed by atoms with Crippen LogP contribution < -0.4 is 10.7 Å². The van der Waals surface area contributed by atoms with Gasteiger partial charge in [0.2, 0.25) is 0 Å². The van der Waals surface area contributed by atoms with Gasteiger partial charge in [-0.2, -0.15) is 0 Å². The van der Waals surface area contributed by atoms with Crippen molar-refractivity contribution in [2.24, 2.45) is 4.99 Å². The highest BCUT2D eigenvalue weighted by molar-refractivity contribution is 6.41. The summed E-state index contributed by atoms with van der Waals surface area (Å²) in [4.78, 5) is 28.5. The molecule has 0 atom stereocenters. The second-order valence-corrected chi connectivity index (χ2v) is 8.61. The number of carboxylic acids is 2. The van der Waals surface area contributed by atoms with Crippen molar-refractivity contribution in [3.05, 3.63) is 68.0 Å². The highest BCUT2D eigenvalue weighted by Crippen LogP contribution is 2.47. The lowest BCUT2D eigenvalue weighted by Gasteiger charge is -2.21. The van der Waals surface area contributed by atoms with Crippen LogP contribution in [0.4, 0.5) is 5.69 Å². The molecular formula is C25H20Cl2N2O5. The Kier molecular flexibility index (Phi) is 6.02. The van der Waals surface area contributed by atoms with Crippen LogP contribution in [0.25, 0.3) is 33.4 Å². The van der Waals surface area contributed by atoms with Gasteiger partial charge in [-0.05, 0) is 43.2 Å². The van der Waals surface area contributed by atoms with Gasteiger partial charge in [0.05, 0.1) is 26.5 Å². The first-order valence-corrected chi connectivity index (χ1v) is 11.0. The molecule has 2 aromatic carbocycles. The third-order valence-electron chi connectivity index (χ3n) is 5.80. The van der Waals surface area contributed by atoms with Crippen LogP contribution in [0, 0.1) is 13.8 Å². The number of halogens is 2. The Balaban J connectivity index is 2.35. The number of anilines is 1. The summed E-state index contributed by atoms with van der Waals surface area (Å²) in [5.41, 5.74) is 3.36. The molecule has 9 heteroatoms. The third-order valence-corrected chi connectivity index (χ3v) is 6.49. The van der Waals surface area contributed by atoms with Crippen molar-refractivity contribution >= 4 is 51.8 Å². The van der Waals surface area contributed by atoms with E-state index in [2.05, 4.69) is 10.3 Å². The molecule has 1 heterocycles. The Morgan fingerprint density at radius 3 is 2.26 bits per heavy atom. The van der Waals surface area contributed by atoms with Gasteiger partial charge in [-0.15, -0.1) is 0 Å². The highest BCUT2D eigenvalue weighted by atomic mass is 35.5. The Hall–Kier alpha value is -3.55. The SMILES string of the molecule is C/N=c1/cc2oc3cc(NC)c(C)cc3c(-c3c(Cl)c(C(=O)O)cc(Cl)c3C(=O)O)c-2cc1C. The van der Waals surface area contributed by atoms with E-state index in [0.29, 0.717) is 33.2 Å². The lowest BCUT2D eigenvalue weighted by atomic mass is 9.88. The minimum atomic E-state index is -1.33. The van der Waals surface area contributed by atoms with Crippen molar-refractivity contribution in [3.63, 3.8) is 0 Å². The summed E-state index contributed by atoms with van der Waals surface area (Å²) in [7, 11) is 3.44. The number of rotatable bonds is 4. The second kappa shape index (κ2) is 8.66.